The maximum Gasteiger partial charge on any atom is 0.104 e. The highest BCUT2D eigenvalue weighted by Gasteiger charge is 2.43. The van der Waals surface area contributed by atoms with Crippen LogP contribution in [0.25, 0.3) is 0 Å². The third-order valence-electron chi connectivity index (χ3n) is 4.47. The van der Waals surface area contributed by atoms with E-state index in [4.69, 9.17) is 9.47 Å². The summed E-state index contributed by atoms with van der Waals surface area (Å²) < 4.78 is 12.1. The smallest absolute Gasteiger partial charge is 0.104 e. The summed E-state index contributed by atoms with van der Waals surface area (Å²) in [6, 6.07) is 4.13. The minimum atomic E-state index is -0.126. The Morgan fingerprint density at radius 1 is 1.45 bits per heavy atom. The monoisotopic (exact) mass is 305 g/mol. The van der Waals surface area contributed by atoms with Crippen LogP contribution in [0.3, 0.4) is 0 Å². The van der Waals surface area contributed by atoms with E-state index in [1.165, 1.54) is 5.56 Å². The fourth-order valence-electron chi connectivity index (χ4n) is 3.65. The molecule has 2 atom stereocenters. The number of nitrogens with zero attached hydrogens (tertiary/aromatic N) is 3. The first kappa shape index (κ1) is 15.9. The van der Waals surface area contributed by atoms with Crippen molar-refractivity contribution in [3.05, 3.63) is 30.1 Å². The Labute approximate surface area is 133 Å². The van der Waals surface area contributed by atoms with E-state index in [0.29, 0.717) is 5.92 Å². The molecule has 2 aliphatic heterocycles. The molecule has 0 radical (unpaired) electrons. The van der Waals surface area contributed by atoms with Gasteiger partial charge in [-0.1, -0.05) is 6.07 Å². The van der Waals surface area contributed by atoms with E-state index in [9.17, 15) is 0 Å². The molecule has 3 heterocycles. The Morgan fingerprint density at radius 3 is 3.14 bits per heavy atom. The molecule has 0 bridgehead atoms. The average Bonchev–Trinajstić information content (AvgIpc) is 2.75. The van der Waals surface area contributed by atoms with Crippen molar-refractivity contribution in [3.63, 3.8) is 0 Å². The predicted octanol–water partition coefficient (Wildman–Crippen LogP) is 1.25. The van der Waals surface area contributed by atoms with Crippen LogP contribution in [0, 0.1) is 5.92 Å². The van der Waals surface area contributed by atoms with Crippen molar-refractivity contribution in [3.8, 4) is 0 Å². The van der Waals surface area contributed by atoms with Gasteiger partial charge in [0.2, 0.25) is 0 Å². The highest BCUT2D eigenvalue weighted by atomic mass is 16.5. The zero-order valence-electron chi connectivity index (χ0n) is 13.7. The maximum atomic E-state index is 6.23. The molecular weight excluding hydrogens is 278 g/mol. The molecule has 0 aliphatic carbocycles. The third kappa shape index (κ3) is 4.04. The lowest BCUT2D eigenvalue weighted by atomic mass is 9.94. The standard InChI is InChI=1S/C17H27N3O2/c1-19(2)10-16-8-17(22-12-16)13-20(6-7-21-14-17)11-15-4-3-5-18-9-15/h3-5,9,16H,6-8,10-14H2,1-2H3. The zero-order valence-corrected chi connectivity index (χ0v) is 13.7. The summed E-state index contributed by atoms with van der Waals surface area (Å²) in [5.41, 5.74) is 1.13. The fraction of sp³-hybridized carbons (Fsp3) is 0.706. The lowest BCUT2D eigenvalue weighted by Crippen LogP contribution is -2.44. The number of ether oxygens (including phenoxy) is 2. The van der Waals surface area contributed by atoms with E-state index in [1.807, 2.05) is 18.5 Å². The molecule has 22 heavy (non-hydrogen) atoms. The third-order valence-corrected chi connectivity index (χ3v) is 4.47. The topological polar surface area (TPSA) is 37.8 Å². The number of hydrogen-bond donors (Lipinski definition) is 0. The predicted molar refractivity (Wildman–Crippen MR) is 85.7 cm³/mol. The second-order valence-corrected chi connectivity index (χ2v) is 6.95. The summed E-state index contributed by atoms with van der Waals surface area (Å²) in [5.74, 6) is 0.608. The summed E-state index contributed by atoms with van der Waals surface area (Å²) >= 11 is 0. The van der Waals surface area contributed by atoms with Crippen LogP contribution in [0.1, 0.15) is 12.0 Å². The van der Waals surface area contributed by atoms with E-state index >= 15 is 0 Å². The molecule has 5 nitrogen and oxygen atoms in total. The van der Waals surface area contributed by atoms with Crippen molar-refractivity contribution in [1.29, 1.82) is 0 Å². The first-order chi connectivity index (χ1) is 10.7. The van der Waals surface area contributed by atoms with Crippen LogP contribution < -0.4 is 0 Å². The van der Waals surface area contributed by atoms with E-state index in [-0.39, 0.29) is 5.60 Å². The molecule has 1 aromatic rings. The van der Waals surface area contributed by atoms with Gasteiger partial charge in [0.15, 0.2) is 0 Å². The summed E-state index contributed by atoms with van der Waals surface area (Å²) in [4.78, 5) is 8.91. The lowest BCUT2D eigenvalue weighted by Gasteiger charge is -2.31. The fourth-order valence-corrected chi connectivity index (χ4v) is 3.65. The van der Waals surface area contributed by atoms with Gasteiger partial charge in [0, 0.05) is 38.6 Å². The number of aromatic nitrogens is 1. The molecule has 2 aliphatic rings. The molecule has 2 saturated heterocycles. The Bertz CT molecular complexity index is 468. The summed E-state index contributed by atoms with van der Waals surface area (Å²) in [6.45, 7) is 6.27. The average molecular weight is 305 g/mol. The normalized spacial score (nSPS) is 30.0. The number of hydrogen-bond acceptors (Lipinski definition) is 5. The second-order valence-electron chi connectivity index (χ2n) is 6.95. The SMILES string of the molecule is CN(C)CC1COC2(COCCN(Cc3cccnc3)C2)C1. The molecule has 1 aromatic heterocycles. The van der Waals surface area contributed by atoms with Gasteiger partial charge in [-0.15, -0.1) is 0 Å². The van der Waals surface area contributed by atoms with Gasteiger partial charge in [0.1, 0.15) is 5.60 Å². The van der Waals surface area contributed by atoms with Crippen molar-refractivity contribution in [1.82, 2.24) is 14.8 Å². The van der Waals surface area contributed by atoms with Crippen LogP contribution in [0.2, 0.25) is 0 Å². The Morgan fingerprint density at radius 2 is 2.36 bits per heavy atom. The lowest BCUT2D eigenvalue weighted by molar-refractivity contribution is -0.0563. The molecule has 5 heteroatoms. The Kier molecular flexibility index (Phi) is 5.08. The molecule has 0 N–H and O–H groups in total. The van der Waals surface area contributed by atoms with Gasteiger partial charge < -0.3 is 14.4 Å². The highest BCUT2D eigenvalue weighted by molar-refractivity contribution is 5.08. The first-order valence-electron chi connectivity index (χ1n) is 8.13. The van der Waals surface area contributed by atoms with Crippen LogP contribution >= 0.6 is 0 Å². The van der Waals surface area contributed by atoms with Gasteiger partial charge in [-0.25, -0.2) is 0 Å². The van der Waals surface area contributed by atoms with Crippen LogP contribution in [0.15, 0.2) is 24.5 Å². The number of pyridine rings is 1. The van der Waals surface area contributed by atoms with Crippen molar-refractivity contribution in [2.24, 2.45) is 5.92 Å². The summed E-state index contributed by atoms with van der Waals surface area (Å²) in [5, 5.41) is 0. The minimum Gasteiger partial charge on any atom is -0.377 e. The van der Waals surface area contributed by atoms with Crippen LogP contribution in [0.4, 0.5) is 0 Å². The zero-order chi connectivity index (χ0) is 15.4. The van der Waals surface area contributed by atoms with Gasteiger partial charge >= 0.3 is 0 Å². The molecule has 3 rings (SSSR count). The van der Waals surface area contributed by atoms with Crippen molar-refractivity contribution >= 4 is 0 Å². The Balaban J connectivity index is 1.63. The number of rotatable bonds is 4. The van der Waals surface area contributed by atoms with Crippen molar-refractivity contribution in [2.45, 2.75) is 18.6 Å². The highest BCUT2D eigenvalue weighted by Crippen LogP contribution is 2.33. The molecule has 2 unspecified atom stereocenters. The van der Waals surface area contributed by atoms with E-state index in [0.717, 1.165) is 52.4 Å². The van der Waals surface area contributed by atoms with Gasteiger partial charge in [0.05, 0.1) is 19.8 Å². The van der Waals surface area contributed by atoms with Crippen LogP contribution in [0.5, 0.6) is 0 Å². The molecule has 0 saturated carbocycles. The van der Waals surface area contributed by atoms with Crippen molar-refractivity contribution < 1.29 is 9.47 Å². The summed E-state index contributed by atoms with van der Waals surface area (Å²) in [7, 11) is 4.26. The second kappa shape index (κ2) is 7.04. The molecule has 1 spiro atoms. The van der Waals surface area contributed by atoms with Gasteiger partial charge in [-0.2, -0.15) is 0 Å². The minimum absolute atomic E-state index is 0.126. The van der Waals surface area contributed by atoms with E-state index in [1.54, 1.807) is 0 Å². The maximum absolute atomic E-state index is 6.23. The molecule has 2 fully saturated rings. The molecule has 0 aromatic carbocycles. The molecular formula is C17H27N3O2. The Hall–Kier alpha value is -1.01. The van der Waals surface area contributed by atoms with Gasteiger partial charge in [0.25, 0.3) is 0 Å². The first-order valence-corrected chi connectivity index (χ1v) is 8.13. The van der Waals surface area contributed by atoms with Crippen LogP contribution in [-0.2, 0) is 16.0 Å². The molecule has 0 amide bonds. The van der Waals surface area contributed by atoms with Gasteiger partial charge in [-0.05, 0) is 38.1 Å². The summed E-state index contributed by atoms with van der Waals surface area (Å²) in [6.07, 6.45) is 4.86. The van der Waals surface area contributed by atoms with E-state index in [2.05, 4.69) is 34.9 Å². The van der Waals surface area contributed by atoms with Crippen molar-refractivity contribution in [2.75, 3.05) is 53.6 Å². The molecule has 122 valence electrons. The van der Waals surface area contributed by atoms with Crippen LogP contribution in [-0.4, -0.2) is 73.9 Å². The quantitative estimate of drug-likeness (QED) is 0.837. The largest absolute Gasteiger partial charge is 0.377 e. The van der Waals surface area contributed by atoms with Gasteiger partial charge in [-0.3, -0.25) is 9.88 Å². The van der Waals surface area contributed by atoms with E-state index < -0.39 is 0 Å².